The van der Waals surface area contributed by atoms with Gasteiger partial charge in [0.05, 0.1) is 11.8 Å². The topological polar surface area (TPSA) is 160 Å². The molecular formula is C42H32O9. The van der Waals surface area contributed by atoms with Crippen molar-refractivity contribution in [3.8, 4) is 51.7 Å². The monoisotopic (exact) mass is 680 g/mol. The molecule has 9 heteroatoms. The van der Waals surface area contributed by atoms with Crippen molar-refractivity contribution in [1.29, 1.82) is 0 Å². The van der Waals surface area contributed by atoms with Crippen LogP contribution in [0.3, 0.4) is 0 Å². The Morgan fingerprint density at radius 2 is 0.745 bits per heavy atom. The Labute approximate surface area is 292 Å². The molecule has 4 atom stereocenters. The normalized spacial score (nSPS) is 19.0. The van der Waals surface area contributed by atoms with Crippen LogP contribution < -0.4 is 9.47 Å². The van der Waals surface area contributed by atoms with Crippen molar-refractivity contribution in [3.05, 3.63) is 160 Å². The summed E-state index contributed by atoms with van der Waals surface area (Å²) in [5.41, 5.74) is 5.59. The van der Waals surface area contributed by atoms with Gasteiger partial charge in [0.1, 0.15) is 64.0 Å². The summed E-state index contributed by atoms with van der Waals surface area (Å²) in [6, 6.07) is 30.7. The van der Waals surface area contributed by atoms with Gasteiger partial charge >= 0.3 is 0 Å². The lowest BCUT2D eigenvalue weighted by atomic mass is 9.77. The highest BCUT2D eigenvalue weighted by Crippen LogP contribution is 2.60. The number of aromatic hydroxyl groups is 7. The summed E-state index contributed by atoms with van der Waals surface area (Å²) in [6.07, 6.45) is 2.52. The van der Waals surface area contributed by atoms with Gasteiger partial charge in [0, 0.05) is 29.3 Å². The lowest BCUT2D eigenvalue weighted by Gasteiger charge is -2.24. The highest BCUT2D eigenvalue weighted by molar-refractivity contribution is 5.80. The zero-order valence-electron chi connectivity index (χ0n) is 26.9. The van der Waals surface area contributed by atoms with E-state index >= 15 is 0 Å². The van der Waals surface area contributed by atoms with Gasteiger partial charge in [-0.15, -0.1) is 0 Å². The summed E-state index contributed by atoms with van der Waals surface area (Å²) in [6.45, 7) is 0. The van der Waals surface area contributed by atoms with E-state index in [0.29, 0.717) is 28.2 Å². The van der Waals surface area contributed by atoms with E-state index in [1.807, 2.05) is 18.2 Å². The Kier molecular flexibility index (Phi) is 7.60. The maximum Gasteiger partial charge on any atom is 0.135 e. The van der Waals surface area contributed by atoms with Crippen LogP contribution in [-0.4, -0.2) is 35.7 Å². The van der Waals surface area contributed by atoms with Crippen LogP contribution in [0.5, 0.6) is 51.7 Å². The van der Waals surface area contributed by atoms with Crippen molar-refractivity contribution in [2.75, 3.05) is 0 Å². The van der Waals surface area contributed by atoms with Crippen LogP contribution in [0.4, 0.5) is 0 Å². The molecule has 9 nitrogen and oxygen atoms in total. The molecule has 0 aliphatic carbocycles. The standard InChI is InChI=1S/C42H32O9/c43-27-8-1-22(2-9-27)3-14-34-39-35(50-41(23-4-10-28(44)11-5-23)37(39)25-15-30(46)19-31(47)16-25)21-36-40(34)38(26-17-32(48)20-33(49)18-26)42(51-36)24-6-12-29(45)13-7-24/h1-21,37-38,41-49H/b14-3-/t37-,38-,41-,42+/m1/s1. The first-order valence-corrected chi connectivity index (χ1v) is 16.3. The largest absolute Gasteiger partial charge is 0.508 e. The van der Waals surface area contributed by atoms with Gasteiger partial charge < -0.3 is 45.2 Å². The van der Waals surface area contributed by atoms with Crippen LogP contribution in [0.15, 0.2) is 115 Å². The van der Waals surface area contributed by atoms with Gasteiger partial charge in [0.25, 0.3) is 0 Å². The lowest BCUT2D eigenvalue weighted by molar-refractivity contribution is 0.212. The molecule has 6 aromatic carbocycles. The summed E-state index contributed by atoms with van der Waals surface area (Å²) in [7, 11) is 0. The van der Waals surface area contributed by atoms with Crippen LogP contribution in [0.1, 0.15) is 68.6 Å². The second kappa shape index (κ2) is 12.3. The molecule has 254 valence electrons. The van der Waals surface area contributed by atoms with Gasteiger partial charge in [-0.1, -0.05) is 48.6 Å². The maximum absolute atomic E-state index is 10.7. The van der Waals surface area contributed by atoms with Gasteiger partial charge in [-0.2, -0.15) is 0 Å². The second-order valence-corrected chi connectivity index (χ2v) is 12.8. The molecule has 7 N–H and O–H groups in total. The minimum atomic E-state index is -0.652. The molecule has 0 amide bonds. The third-order valence-corrected chi connectivity index (χ3v) is 9.46. The number of rotatable bonds is 6. The summed E-state index contributed by atoms with van der Waals surface area (Å²) >= 11 is 0. The lowest BCUT2D eigenvalue weighted by Crippen LogP contribution is -2.14. The number of fused-ring (bicyclic) bond motifs is 2. The number of ether oxygens (including phenoxy) is 2. The van der Waals surface area contributed by atoms with E-state index in [9.17, 15) is 35.7 Å². The predicted octanol–water partition coefficient (Wildman–Crippen LogP) is 8.33. The molecule has 0 saturated carbocycles. The second-order valence-electron chi connectivity index (χ2n) is 12.8. The molecule has 2 heterocycles. The Bertz CT molecular complexity index is 2120. The van der Waals surface area contributed by atoms with Crippen molar-refractivity contribution in [2.45, 2.75) is 24.0 Å². The fourth-order valence-corrected chi connectivity index (χ4v) is 7.31. The molecule has 0 bridgehead atoms. The van der Waals surface area contributed by atoms with Gasteiger partial charge in [0.15, 0.2) is 0 Å². The van der Waals surface area contributed by atoms with Crippen molar-refractivity contribution in [3.63, 3.8) is 0 Å². The zero-order valence-corrected chi connectivity index (χ0v) is 26.9. The van der Waals surface area contributed by atoms with Gasteiger partial charge in [-0.25, -0.2) is 0 Å². The third kappa shape index (κ3) is 5.84. The van der Waals surface area contributed by atoms with E-state index in [-0.39, 0.29) is 40.2 Å². The van der Waals surface area contributed by atoms with E-state index in [0.717, 1.165) is 27.8 Å². The highest BCUT2D eigenvalue weighted by Gasteiger charge is 2.45. The van der Waals surface area contributed by atoms with Crippen LogP contribution in [-0.2, 0) is 0 Å². The van der Waals surface area contributed by atoms with E-state index < -0.39 is 24.0 Å². The Morgan fingerprint density at radius 1 is 0.373 bits per heavy atom. The van der Waals surface area contributed by atoms with Gasteiger partial charge in [-0.05, 0) is 94.0 Å². The van der Waals surface area contributed by atoms with E-state index in [1.165, 1.54) is 12.1 Å². The van der Waals surface area contributed by atoms with Gasteiger partial charge in [-0.3, -0.25) is 0 Å². The van der Waals surface area contributed by atoms with Crippen molar-refractivity contribution in [1.82, 2.24) is 0 Å². The van der Waals surface area contributed by atoms with Crippen molar-refractivity contribution < 1.29 is 45.2 Å². The van der Waals surface area contributed by atoms with Crippen molar-refractivity contribution >= 4 is 12.2 Å². The molecule has 8 rings (SSSR count). The Balaban J connectivity index is 1.42. The number of phenolic OH excluding ortho intramolecular Hbond substituents is 7. The first kappa shape index (κ1) is 31.5. The number of benzene rings is 6. The molecule has 0 saturated heterocycles. The quantitative estimate of drug-likeness (QED) is 0.0858. The van der Waals surface area contributed by atoms with Crippen LogP contribution >= 0.6 is 0 Å². The fraction of sp³-hybridized carbons (Fsp3) is 0.0952. The summed E-state index contributed by atoms with van der Waals surface area (Å²) in [5.74, 6) is -0.409. The first-order valence-electron chi connectivity index (χ1n) is 16.3. The minimum absolute atomic E-state index is 0.0863. The molecule has 0 radical (unpaired) electrons. The first-order chi connectivity index (χ1) is 24.6. The number of phenols is 7. The molecule has 0 unspecified atom stereocenters. The molecule has 0 spiro atoms. The average Bonchev–Trinajstić information content (AvgIpc) is 3.66. The summed E-state index contributed by atoms with van der Waals surface area (Å²) in [5, 5.41) is 72.8. The molecular weight excluding hydrogens is 648 g/mol. The molecule has 51 heavy (non-hydrogen) atoms. The maximum atomic E-state index is 10.7. The van der Waals surface area contributed by atoms with E-state index in [4.69, 9.17) is 9.47 Å². The Morgan fingerprint density at radius 3 is 1.14 bits per heavy atom. The van der Waals surface area contributed by atoms with Crippen LogP contribution in [0, 0.1) is 0 Å². The predicted molar refractivity (Wildman–Crippen MR) is 190 cm³/mol. The molecule has 2 aliphatic heterocycles. The highest BCUT2D eigenvalue weighted by atomic mass is 16.5. The van der Waals surface area contributed by atoms with E-state index in [1.54, 1.807) is 97.1 Å². The van der Waals surface area contributed by atoms with E-state index in [2.05, 4.69) is 0 Å². The molecule has 0 fully saturated rings. The Hall–Kier alpha value is -6.74. The molecule has 2 aliphatic rings. The number of hydrogen-bond acceptors (Lipinski definition) is 9. The summed E-state index contributed by atoms with van der Waals surface area (Å²) < 4.78 is 13.5. The number of hydrogen-bond donors (Lipinski definition) is 7. The molecule has 6 aromatic rings. The average molecular weight is 681 g/mol. The minimum Gasteiger partial charge on any atom is -0.508 e. The summed E-state index contributed by atoms with van der Waals surface area (Å²) in [4.78, 5) is 0. The van der Waals surface area contributed by atoms with Crippen molar-refractivity contribution in [2.24, 2.45) is 0 Å². The van der Waals surface area contributed by atoms with Crippen LogP contribution in [0.2, 0.25) is 0 Å². The smallest absolute Gasteiger partial charge is 0.135 e. The van der Waals surface area contributed by atoms with Crippen LogP contribution in [0.25, 0.3) is 12.2 Å². The zero-order chi connectivity index (χ0) is 35.4. The SMILES string of the molecule is Oc1ccc(/C=C\c2c3c(cc4c2[C@@H](c2cc(O)cc(O)c2)[C@H](c2ccc(O)cc2)O4)O[C@H](c2ccc(O)cc2)[C@@H]3c2cc(O)cc(O)c2)cc1. The molecule has 0 aromatic heterocycles. The van der Waals surface area contributed by atoms with Gasteiger partial charge in [0.2, 0.25) is 0 Å². The fourth-order valence-electron chi connectivity index (χ4n) is 7.31. The third-order valence-electron chi connectivity index (χ3n) is 9.46.